The molecular formula is C20H31ClN4O2. The third-order valence-electron chi connectivity index (χ3n) is 5.55. The number of piperazine rings is 1. The van der Waals surface area contributed by atoms with E-state index in [1.807, 2.05) is 54.0 Å². The predicted octanol–water partition coefficient (Wildman–Crippen LogP) is 1.88. The molecule has 2 atom stereocenters. The maximum Gasteiger partial charge on any atom is 0.244 e. The summed E-state index contributed by atoms with van der Waals surface area (Å²) in [6.45, 7) is 7.36. The second-order valence-electron chi connectivity index (χ2n) is 7.63. The third kappa shape index (κ3) is 4.62. The van der Waals surface area contributed by atoms with Gasteiger partial charge in [-0.3, -0.25) is 14.5 Å². The molecule has 2 amide bonds. The van der Waals surface area contributed by atoms with Gasteiger partial charge in [-0.05, 0) is 31.9 Å². The van der Waals surface area contributed by atoms with Gasteiger partial charge < -0.3 is 15.5 Å². The number of carbonyl (C=O) groups excluding carboxylic acids is 2. The van der Waals surface area contributed by atoms with Gasteiger partial charge in [-0.2, -0.15) is 0 Å². The predicted molar refractivity (Wildman–Crippen MR) is 110 cm³/mol. The van der Waals surface area contributed by atoms with Gasteiger partial charge in [0.1, 0.15) is 0 Å². The molecule has 2 aliphatic heterocycles. The molecule has 3 rings (SSSR count). The molecule has 6 nitrogen and oxygen atoms in total. The van der Waals surface area contributed by atoms with Crippen molar-refractivity contribution in [3.63, 3.8) is 0 Å². The number of para-hydroxylation sites is 1. The Labute approximate surface area is 168 Å². The number of nitrogens with two attached hydrogens (primary N) is 1. The van der Waals surface area contributed by atoms with E-state index < -0.39 is 5.54 Å². The van der Waals surface area contributed by atoms with Crippen LogP contribution in [0.25, 0.3) is 0 Å². The van der Waals surface area contributed by atoms with E-state index in [1.54, 1.807) is 0 Å². The minimum Gasteiger partial charge on any atom is -0.339 e. The number of benzene rings is 1. The van der Waals surface area contributed by atoms with Crippen molar-refractivity contribution in [2.45, 2.75) is 44.7 Å². The molecule has 2 heterocycles. The van der Waals surface area contributed by atoms with Crippen LogP contribution in [0, 0.1) is 0 Å². The molecule has 27 heavy (non-hydrogen) atoms. The van der Waals surface area contributed by atoms with Crippen LogP contribution in [0.3, 0.4) is 0 Å². The number of carbonyl (C=O) groups is 2. The maximum absolute atomic E-state index is 12.8. The lowest BCUT2D eigenvalue weighted by atomic mass is 9.95. The van der Waals surface area contributed by atoms with Crippen molar-refractivity contribution in [3.8, 4) is 0 Å². The maximum atomic E-state index is 12.8. The summed E-state index contributed by atoms with van der Waals surface area (Å²) in [6, 6.07) is 9.76. The molecule has 0 aromatic heterocycles. The number of anilines is 1. The summed E-state index contributed by atoms with van der Waals surface area (Å²) in [4.78, 5) is 31.5. The van der Waals surface area contributed by atoms with Gasteiger partial charge in [0.25, 0.3) is 0 Å². The molecule has 0 aliphatic carbocycles. The Hall–Kier alpha value is -1.63. The van der Waals surface area contributed by atoms with E-state index in [2.05, 4.69) is 4.90 Å². The lowest BCUT2D eigenvalue weighted by Gasteiger charge is -2.40. The SMILES string of the molecule is CCCC(C)(N)C(=O)N1CCN(C2CCN(c3ccccc3)C2=O)CC1.Cl. The number of hydrogen-bond acceptors (Lipinski definition) is 4. The first-order valence-electron chi connectivity index (χ1n) is 9.63. The molecule has 2 saturated heterocycles. The van der Waals surface area contributed by atoms with Crippen molar-refractivity contribution >= 4 is 29.9 Å². The molecule has 1 aromatic carbocycles. The van der Waals surface area contributed by atoms with E-state index >= 15 is 0 Å². The van der Waals surface area contributed by atoms with Crippen LogP contribution >= 0.6 is 12.4 Å². The number of halogens is 1. The smallest absolute Gasteiger partial charge is 0.244 e. The minimum absolute atomic E-state index is 0. The molecule has 0 saturated carbocycles. The summed E-state index contributed by atoms with van der Waals surface area (Å²) in [5, 5.41) is 0. The van der Waals surface area contributed by atoms with E-state index in [9.17, 15) is 9.59 Å². The van der Waals surface area contributed by atoms with E-state index in [-0.39, 0.29) is 30.3 Å². The zero-order valence-electron chi connectivity index (χ0n) is 16.3. The van der Waals surface area contributed by atoms with Crippen LogP contribution in [-0.4, -0.2) is 65.9 Å². The lowest BCUT2D eigenvalue weighted by Crippen LogP contribution is -2.59. The van der Waals surface area contributed by atoms with Gasteiger partial charge in [-0.15, -0.1) is 12.4 Å². The first-order chi connectivity index (χ1) is 12.4. The van der Waals surface area contributed by atoms with Crippen LogP contribution in [0.1, 0.15) is 33.1 Å². The molecule has 2 aliphatic rings. The molecule has 2 fully saturated rings. The first-order valence-corrected chi connectivity index (χ1v) is 9.63. The highest BCUT2D eigenvalue weighted by molar-refractivity contribution is 5.99. The summed E-state index contributed by atoms with van der Waals surface area (Å²) in [6.07, 6.45) is 2.43. The van der Waals surface area contributed by atoms with Crippen molar-refractivity contribution in [3.05, 3.63) is 30.3 Å². The Bertz CT molecular complexity index is 645. The van der Waals surface area contributed by atoms with Crippen LogP contribution in [0.5, 0.6) is 0 Å². The van der Waals surface area contributed by atoms with Gasteiger partial charge in [0.05, 0.1) is 11.6 Å². The summed E-state index contributed by atoms with van der Waals surface area (Å²) in [7, 11) is 0. The molecule has 7 heteroatoms. The highest BCUT2D eigenvalue weighted by Gasteiger charge is 2.39. The second kappa shape index (κ2) is 9.04. The normalized spacial score (nSPS) is 23.1. The number of rotatable bonds is 5. The van der Waals surface area contributed by atoms with E-state index in [0.29, 0.717) is 19.5 Å². The molecule has 1 aromatic rings. The Morgan fingerprint density at radius 1 is 1.15 bits per heavy atom. The van der Waals surface area contributed by atoms with Gasteiger partial charge in [-0.1, -0.05) is 31.5 Å². The van der Waals surface area contributed by atoms with Gasteiger partial charge >= 0.3 is 0 Å². The Balaban J connectivity index is 0.00000261. The largest absolute Gasteiger partial charge is 0.339 e. The fraction of sp³-hybridized carbons (Fsp3) is 0.600. The monoisotopic (exact) mass is 394 g/mol. The van der Waals surface area contributed by atoms with Gasteiger partial charge in [0.15, 0.2) is 0 Å². The minimum atomic E-state index is -0.787. The van der Waals surface area contributed by atoms with Crippen LogP contribution in [0.2, 0.25) is 0 Å². The lowest BCUT2D eigenvalue weighted by molar-refractivity contribution is -0.139. The molecule has 2 N–H and O–H groups in total. The average Bonchev–Trinajstić information content (AvgIpc) is 3.03. The van der Waals surface area contributed by atoms with Crippen molar-refractivity contribution in [1.29, 1.82) is 0 Å². The number of hydrogen-bond donors (Lipinski definition) is 1. The van der Waals surface area contributed by atoms with Crippen molar-refractivity contribution < 1.29 is 9.59 Å². The highest BCUT2D eigenvalue weighted by atomic mass is 35.5. The molecule has 2 unspecified atom stereocenters. The fourth-order valence-corrected chi connectivity index (χ4v) is 4.09. The summed E-state index contributed by atoms with van der Waals surface area (Å²) >= 11 is 0. The van der Waals surface area contributed by atoms with E-state index in [0.717, 1.165) is 38.2 Å². The van der Waals surface area contributed by atoms with Crippen molar-refractivity contribution in [2.24, 2.45) is 5.73 Å². The van der Waals surface area contributed by atoms with Crippen molar-refractivity contribution in [2.75, 3.05) is 37.6 Å². The van der Waals surface area contributed by atoms with Crippen LogP contribution in [0.15, 0.2) is 30.3 Å². The quantitative estimate of drug-likeness (QED) is 0.827. The van der Waals surface area contributed by atoms with Crippen LogP contribution in [-0.2, 0) is 9.59 Å². The molecule has 0 bridgehead atoms. The topological polar surface area (TPSA) is 69.9 Å². The zero-order chi connectivity index (χ0) is 18.7. The highest BCUT2D eigenvalue weighted by Crippen LogP contribution is 2.25. The zero-order valence-corrected chi connectivity index (χ0v) is 17.1. The van der Waals surface area contributed by atoms with Crippen LogP contribution in [0.4, 0.5) is 5.69 Å². The summed E-state index contributed by atoms with van der Waals surface area (Å²) < 4.78 is 0. The molecule has 0 radical (unpaired) electrons. The molecule has 150 valence electrons. The third-order valence-corrected chi connectivity index (χ3v) is 5.55. The van der Waals surface area contributed by atoms with E-state index in [1.165, 1.54) is 0 Å². The number of amides is 2. The van der Waals surface area contributed by atoms with Crippen molar-refractivity contribution in [1.82, 2.24) is 9.80 Å². The van der Waals surface area contributed by atoms with Gasteiger partial charge in [0, 0.05) is 38.4 Å². The van der Waals surface area contributed by atoms with Crippen LogP contribution < -0.4 is 10.6 Å². The summed E-state index contributed by atoms with van der Waals surface area (Å²) in [5.41, 5.74) is 6.38. The average molecular weight is 395 g/mol. The number of nitrogens with zero attached hydrogens (tertiary/aromatic N) is 3. The van der Waals surface area contributed by atoms with E-state index in [4.69, 9.17) is 5.73 Å². The molecule has 0 spiro atoms. The van der Waals surface area contributed by atoms with Gasteiger partial charge in [0.2, 0.25) is 11.8 Å². The second-order valence-corrected chi connectivity index (χ2v) is 7.63. The van der Waals surface area contributed by atoms with Gasteiger partial charge in [-0.25, -0.2) is 0 Å². The summed E-state index contributed by atoms with van der Waals surface area (Å²) in [5.74, 6) is 0.202. The Morgan fingerprint density at radius 2 is 1.78 bits per heavy atom. The fourth-order valence-electron chi connectivity index (χ4n) is 4.09. The standard InChI is InChI=1S/C20H30N4O2.ClH/c1-3-10-20(2,21)19(26)23-14-12-22(13-15-23)17-9-11-24(18(17)25)16-7-5-4-6-8-16;/h4-8,17H,3,9-15,21H2,1-2H3;1H. The Morgan fingerprint density at radius 3 is 2.37 bits per heavy atom. The Kier molecular flexibility index (Phi) is 7.25. The first kappa shape index (κ1) is 21.7. The molecular weight excluding hydrogens is 364 g/mol.